The normalized spacial score (nSPS) is 14.8. The third-order valence-corrected chi connectivity index (χ3v) is 5.52. The summed E-state index contributed by atoms with van der Waals surface area (Å²) in [4.78, 5) is 20.0. The monoisotopic (exact) mass is 514 g/mol. The van der Waals surface area contributed by atoms with Gasteiger partial charge in [-0.3, -0.25) is 0 Å². The van der Waals surface area contributed by atoms with Gasteiger partial charge in [0.15, 0.2) is 17.3 Å². The van der Waals surface area contributed by atoms with Gasteiger partial charge in [0.25, 0.3) is 12.9 Å². The number of fused-ring (bicyclic) bond motifs is 1. The van der Waals surface area contributed by atoms with Crippen LogP contribution in [0.3, 0.4) is 0 Å². The first-order valence-corrected chi connectivity index (χ1v) is 10.3. The van der Waals surface area contributed by atoms with Crippen molar-refractivity contribution in [3.63, 3.8) is 0 Å². The molecule has 0 amide bonds. The lowest BCUT2D eigenvalue weighted by atomic mass is 10.1. The molecule has 190 valence electrons. The van der Waals surface area contributed by atoms with Gasteiger partial charge in [-0.25, -0.2) is 40.7 Å². The highest BCUT2D eigenvalue weighted by molar-refractivity contribution is 5.92. The summed E-state index contributed by atoms with van der Waals surface area (Å²) in [6, 6.07) is 3.72. The number of rotatable bonds is 6. The van der Waals surface area contributed by atoms with E-state index in [1.165, 1.54) is 0 Å². The molecule has 0 aliphatic heterocycles. The van der Waals surface area contributed by atoms with Gasteiger partial charge >= 0.3 is 11.8 Å². The second-order valence-corrected chi connectivity index (χ2v) is 7.99. The minimum Gasteiger partial charge on any atom is -0.325 e. The highest BCUT2D eigenvalue weighted by Crippen LogP contribution is 2.50. The van der Waals surface area contributed by atoms with Crippen LogP contribution in [0, 0.1) is 28.9 Å². The Bertz CT molecular complexity index is 1440. The summed E-state index contributed by atoms with van der Waals surface area (Å²) >= 11 is 0. The molecular weight excluding hydrogens is 498 g/mol. The molecule has 2 heterocycles. The number of hydrogen-bond acceptors (Lipinski definition) is 7. The number of nitrogens with zero attached hydrogens (tertiary/aromatic N) is 4. The Kier molecular flexibility index (Phi) is 6.41. The van der Waals surface area contributed by atoms with Crippen LogP contribution in [-0.4, -0.2) is 49.3 Å². The fraction of sp³-hybridized carbons (Fsp3) is 0.318. The third kappa shape index (κ3) is 4.60. The molecule has 0 spiro atoms. The van der Waals surface area contributed by atoms with Gasteiger partial charge in [-0.05, 0) is 37.0 Å². The number of alkyl halides is 4. The van der Waals surface area contributed by atoms with Gasteiger partial charge < -0.3 is 20.2 Å². The van der Waals surface area contributed by atoms with Gasteiger partial charge in [0.2, 0.25) is 0 Å². The van der Waals surface area contributed by atoms with Crippen molar-refractivity contribution in [2.45, 2.75) is 31.8 Å². The van der Waals surface area contributed by atoms with Crippen molar-refractivity contribution in [2.75, 3.05) is 11.4 Å². The first-order chi connectivity index (χ1) is 16.9. The summed E-state index contributed by atoms with van der Waals surface area (Å²) in [7, 11) is 0. The molecule has 4 rings (SSSR count). The molecule has 1 saturated carbocycles. The summed E-state index contributed by atoms with van der Waals surface area (Å²) in [6.45, 7) is -1.32. The van der Waals surface area contributed by atoms with Crippen LogP contribution >= 0.6 is 0 Å². The van der Waals surface area contributed by atoms with E-state index >= 15 is 4.39 Å². The summed E-state index contributed by atoms with van der Waals surface area (Å²) in [5, 5.41) is 27.9. The van der Waals surface area contributed by atoms with Gasteiger partial charge in [0, 0.05) is 6.20 Å². The van der Waals surface area contributed by atoms with E-state index in [4.69, 9.17) is 0 Å². The third-order valence-electron chi connectivity index (χ3n) is 5.52. The number of anilines is 2. The maximum absolute atomic E-state index is 15.4. The van der Waals surface area contributed by atoms with E-state index < -0.39 is 76.3 Å². The molecule has 0 bridgehead atoms. The fourth-order valence-electron chi connectivity index (χ4n) is 3.59. The Balaban J connectivity index is 1.95. The molecule has 1 fully saturated rings. The van der Waals surface area contributed by atoms with Crippen molar-refractivity contribution < 1.29 is 41.7 Å². The van der Waals surface area contributed by atoms with Crippen LogP contribution in [0.25, 0.3) is 10.9 Å². The summed E-state index contributed by atoms with van der Waals surface area (Å²) < 4.78 is 83.5. The minimum absolute atomic E-state index is 0.0873. The van der Waals surface area contributed by atoms with E-state index in [1.54, 1.807) is 0 Å². The van der Waals surface area contributed by atoms with Crippen molar-refractivity contribution in [2.24, 2.45) is 5.41 Å². The maximum Gasteiger partial charge on any atom is 0.377 e. The van der Waals surface area contributed by atoms with Crippen molar-refractivity contribution >= 4 is 22.4 Å². The topological polar surface area (TPSA) is 112 Å². The average Bonchev–Trinajstić information content (AvgIpc) is 3.57. The van der Waals surface area contributed by atoms with Crippen LogP contribution < -0.4 is 10.6 Å². The molecule has 0 atom stereocenters. The molecule has 36 heavy (non-hydrogen) atoms. The van der Waals surface area contributed by atoms with Gasteiger partial charge in [0.1, 0.15) is 5.82 Å². The van der Waals surface area contributed by atoms with E-state index in [0.29, 0.717) is 4.90 Å². The molecule has 14 heteroatoms. The second kappa shape index (κ2) is 9.08. The number of pyridine rings is 1. The summed E-state index contributed by atoms with van der Waals surface area (Å²) in [6.07, 6.45) is -8.68. The quantitative estimate of drug-likeness (QED) is 0.263. The van der Waals surface area contributed by atoms with Crippen LogP contribution in [0.1, 0.15) is 18.5 Å². The zero-order chi connectivity index (χ0) is 26.4. The molecule has 3 aromatic rings. The smallest absolute Gasteiger partial charge is 0.325 e. The number of halogens is 6. The maximum atomic E-state index is 15.4. The number of hydrogen-bond donors (Lipinski definition) is 3. The van der Waals surface area contributed by atoms with E-state index in [-0.39, 0.29) is 17.4 Å². The number of aromatic nitrogens is 3. The van der Waals surface area contributed by atoms with Gasteiger partial charge in [0.05, 0.1) is 28.6 Å². The fourth-order valence-corrected chi connectivity index (χ4v) is 3.59. The molecule has 0 saturated heterocycles. The van der Waals surface area contributed by atoms with Crippen molar-refractivity contribution in [1.29, 1.82) is 0 Å². The van der Waals surface area contributed by atoms with E-state index in [0.717, 1.165) is 30.5 Å². The number of benzene rings is 1. The van der Waals surface area contributed by atoms with E-state index in [1.807, 2.05) is 0 Å². The lowest BCUT2D eigenvalue weighted by Crippen LogP contribution is -2.43. The molecule has 3 N–H and O–H groups in total. The van der Waals surface area contributed by atoms with Gasteiger partial charge in [-0.15, -0.1) is 0 Å². The van der Waals surface area contributed by atoms with Crippen LogP contribution in [0.15, 0.2) is 35.3 Å². The average molecular weight is 514 g/mol. The van der Waals surface area contributed by atoms with Gasteiger partial charge in [-0.1, -0.05) is 12.0 Å². The highest BCUT2D eigenvalue weighted by atomic mass is 19.3. The Labute approximate surface area is 198 Å². The van der Waals surface area contributed by atoms with E-state index in [2.05, 4.69) is 21.8 Å². The highest BCUT2D eigenvalue weighted by Gasteiger charge is 2.50. The zero-order valence-electron chi connectivity index (χ0n) is 18.0. The molecule has 1 aromatic carbocycles. The largest absolute Gasteiger partial charge is 0.377 e. The molecule has 0 radical (unpaired) electrons. The molecule has 1 aliphatic rings. The molecule has 0 unspecified atom stereocenters. The Morgan fingerprint density at radius 2 is 1.83 bits per heavy atom. The first kappa shape index (κ1) is 25.4. The zero-order valence-corrected chi connectivity index (χ0v) is 18.0. The molecular formula is C22H16F6N4O4. The Morgan fingerprint density at radius 1 is 1.14 bits per heavy atom. The first-order valence-electron chi connectivity index (χ1n) is 10.3. The lowest BCUT2D eigenvalue weighted by Gasteiger charge is -2.27. The summed E-state index contributed by atoms with van der Waals surface area (Å²) in [5.74, 6) is 1.10. The van der Waals surface area contributed by atoms with Crippen LogP contribution in [0.2, 0.25) is 0 Å². The standard InChI is InChI=1S/C22H16F6N4O4/c23-11-2-1-3-13-16(11)18(30-20(33)32(13)22(34,35)36)31(10-15(24)25)14-5-9-29-12(17(14)26)4-6-21(7-8-21)19(27)28/h1-3,5,9,15,19,34-36H,7-8,10H2. The predicted molar refractivity (Wildman–Crippen MR) is 112 cm³/mol. The molecule has 8 nitrogen and oxygen atoms in total. The number of aliphatic hydroxyl groups is 3. The van der Waals surface area contributed by atoms with Crippen molar-refractivity contribution in [3.8, 4) is 11.8 Å². The predicted octanol–water partition coefficient (Wildman–Crippen LogP) is 2.41. The lowest BCUT2D eigenvalue weighted by molar-refractivity contribution is -0.374. The van der Waals surface area contributed by atoms with Crippen LogP contribution in [-0.2, 0) is 6.10 Å². The van der Waals surface area contributed by atoms with Crippen LogP contribution in [0.4, 0.5) is 37.8 Å². The minimum atomic E-state index is -3.84. The Morgan fingerprint density at radius 3 is 2.42 bits per heavy atom. The van der Waals surface area contributed by atoms with Crippen LogP contribution in [0.5, 0.6) is 0 Å². The Hall–Kier alpha value is -3.67. The summed E-state index contributed by atoms with van der Waals surface area (Å²) in [5.41, 5.74) is -5.22. The SMILES string of the molecule is O=c1nc(N(CC(F)F)c2ccnc(C#CC3(C(F)F)CC3)c2F)c2c(F)cccc2n1C(O)(O)O. The van der Waals surface area contributed by atoms with Gasteiger partial charge in [-0.2, -0.15) is 4.98 Å². The molecule has 2 aromatic heterocycles. The van der Waals surface area contributed by atoms with Crippen molar-refractivity contribution in [3.05, 3.63) is 58.3 Å². The van der Waals surface area contributed by atoms with Crippen molar-refractivity contribution in [1.82, 2.24) is 14.5 Å². The van der Waals surface area contributed by atoms with E-state index in [9.17, 15) is 42.1 Å². The molecule has 1 aliphatic carbocycles. The second-order valence-electron chi connectivity index (χ2n) is 7.99.